The van der Waals surface area contributed by atoms with Crippen LogP contribution in [-0.4, -0.2) is 24.2 Å². The average molecular weight is 330 g/mol. The molecule has 0 amide bonds. The number of nitrogens with one attached hydrogen (secondary N) is 1. The molecule has 1 saturated heterocycles. The van der Waals surface area contributed by atoms with Crippen LogP contribution in [0.25, 0.3) is 0 Å². The number of halogens is 3. The fourth-order valence-corrected chi connectivity index (χ4v) is 1.88. The SMILES string of the molecule is Brc1cccnc1OC1CCCNC1.Cl.Cl. The van der Waals surface area contributed by atoms with Gasteiger partial charge in [-0.2, -0.15) is 0 Å². The molecule has 92 valence electrons. The molecule has 1 aliphatic rings. The smallest absolute Gasteiger partial charge is 0.228 e. The number of rotatable bonds is 2. The van der Waals surface area contributed by atoms with E-state index in [9.17, 15) is 0 Å². The van der Waals surface area contributed by atoms with Gasteiger partial charge in [0.15, 0.2) is 0 Å². The minimum atomic E-state index is 0. The van der Waals surface area contributed by atoms with Gasteiger partial charge >= 0.3 is 0 Å². The van der Waals surface area contributed by atoms with Crippen molar-refractivity contribution in [2.24, 2.45) is 0 Å². The molecule has 0 aromatic carbocycles. The predicted molar refractivity (Wildman–Crippen MR) is 73.0 cm³/mol. The third kappa shape index (κ3) is 4.45. The standard InChI is InChI=1S/C10H13BrN2O.2ClH/c11-9-4-2-6-13-10(9)14-8-3-1-5-12-7-8;;/h2,4,6,8,12H,1,3,5,7H2;2*1H. The Morgan fingerprint density at radius 3 is 2.88 bits per heavy atom. The number of aromatic nitrogens is 1. The molecule has 0 spiro atoms. The van der Waals surface area contributed by atoms with Gasteiger partial charge in [0.05, 0.1) is 4.47 Å². The van der Waals surface area contributed by atoms with E-state index in [1.165, 1.54) is 6.42 Å². The summed E-state index contributed by atoms with van der Waals surface area (Å²) in [7, 11) is 0. The number of ether oxygens (including phenoxy) is 1. The van der Waals surface area contributed by atoms with Crippen molar-refractivity contribution in [3.8, 4) is 5.88 Å². The quantitative estimate of drug-likeness (QED) is 0.906. The van der Waals surface area contributed by atoms with Crippen LogP contribution in [0.4, 0.5) is 0 Å². The van der Waals surface area contributed by atoms with E-state index in [0.717, 1.165) is 24.0 Å². The van der Waals surface area contributed by atoms with Crippen LogP contribution in [0, 0.1) is 0 Å². The Morgan fingerprint density at radius 2 is 2.25 bits per heavy atom. The topological polar surface area (TPSA) is 34.1 Å². The molecule has 3 nitrogen and oxygen atoms in total. The molecule has 0 radical (unpaired) electrons. The molecule has 1 atom stereocenters. The van der Waals surface area contributed by atoms with Gasteiger partial charge < -0.3 is 10.1 Å². The van der Waals surface area contributed by atoms with Gasteiger partial charge in [-0.3, -0.25) is 0 Å². The lowest BCUT2D eigenvalue weighted by Gasteiger charge is -2.23. The lowest BCUT2D eigenvalue weighted by molar-refractivity contribution is 0.159. The summed E-state index contributed by atoms with van der Waals surface area (Å²) in [6.07, 6.45) is 4.29. The molecule has 1 aromatic rings. The summed E-state index contributed by atoms with van der Waals surface area (Å²) in [5.41, 5.74) is 0. The van der Waals surface area contributed by atoms with Crippen molar-refractivity contribution in [3.05, 3.63) is 22.8 Å². The normalized spacial score (nSPS) is 19.2. The van der Waals surface area contributed by atoms with E-state index in [-0.39, 0.29) is 30.9 Å². The molecule has 1 aromatic heterocycles. The van der Waals surface area contributed by atoms with E-state index in [4.69, 9.17) is 4.74 Å². The Hall–Kier alpha value is -0.0300. The average Bonchev–Trinajstić information content (AvgIpc) is 2.23. The molecule has 0 bridgehead atoms. The van der Waals surface area contributed by atoms with Crippen LogP contribution in [0.5, 0.6) is 5.88 Å². The van der Waals surface area contributed by atoms with E-state index in [1.54, 1.807) is 6.20 Å². The van der Waals surface area contributed by atoms with E-state index in [1.807, 2.05) is 12.1 Å². The molecule has 2 heterocycles. The Labute approximate surface area is 116 Å². The molecular weight excluding hydrogens is 315 g/mol. The Morgan fingerprint density at radius 1 is 1.44 bits per heavy atom. The van der Waals surface area contributed by atoms with Crippen molar-refractivity contribution >= 4 is 40.7 Å². The number of piperidine rings is 1. The van der Waals surface area contributed by atoms with Crippen LogP contribution in [-0.2, 0) is 0 Å². The highest BCUT2D eigenvalue weighted by Gasteiger charge is 2.15. The second-order valence-corrected chi connectivity index (χ2v) is 4.23. The monoisotopic (exact) mass is 328 g/mol. The van der Waals surface area contributed by atoms with Gasteiger partial charge in [0.1, 0.15) is 6.10 Å². The van der Waals surface area contributed by atoms with Gasteiger partial charge in [-0.15, -0.1) is 24.8 Å². The van der Waals surface area contributed by atoms with E-state index >= 15 is 0 Å². The maximum Gasteiger partial charge on any atom is 0.228 e. The maximum absolute atomic E-state index is 5.77. The molecular formula is C10H15BrCl2N2O. The first kappa shape index (κ1) is 16.0. The third-order valence-corrected chi connectivity index (χ3v) is 2.86. The maximum atomic E-state index is 5.77. The number of hydrogen-bond acceptors (Lipinski definition) is 3. The van der Waals surface area contributed by atoms with Crippen molar-refractivity contribution in [2.45, 2.75) is 18.9 Å². The zero-order valence-electron chi connectivity index (χ0n) is 8.69. The summed E-state index contributed by atoms with van der Waals surface area (Å²) in [5.74, 6) is 0.696. The first-order chi connectivity index (χ1) is 6.86. The van der Waals surface area contributed by atoms with E-state index in [2.05, 4.69) is 26.2 Å². The van der Waals surface area contributed by atoms with Crippen molar-refractivity contribution < 1.29 is 4.74 Å². The van der Waals surface area contributed by atoms with Gasteiger partial charge in [-0.05, 0) is 47.4 Å². The first-order valence-electron chi connectivity index (χ1n) is 4.84. The van der Waals surface area contributed by atoms with Crippen LogP contribution in [0.1, 0.15) is 12.8 Å². The van der Waals surface area contributed by atoms with Gasteiger partial charge in [0, 0.05) is 12.7 Å². The summed E-state index contributed by atoms with van der Waals surface area (Å²) in [5, 5.41) is 3.31. The number of nitrogens with zero attached hydrogens (tertiary/aromatic N) is 1. The summed E-state index contributed by atoms with van der Waals surface area (Å²) >= 11 is 3.42. The van der Waals surface area contributed by atoms with Crippen molar-refractivity contribution in [1.82, 2.24) is 10.3 Å². The van der Waals surface area contributed by atoms with Crippen LogP contribution >= 0.6 is 40.7 Å². The minimum Gasteiger partial charge on any atom is -0.472 e. The molecule has 1 aliphatic heterocycles. The molecule has 1 unspecified atom stereocenters. The van der Waals surface area contributed by atoms with Crippen LogP contribution < -0.4 is 10.1 Å². The third-order valence-electron chi connectivity index (χ3n) is 2.25. The lowest BCUT2D eigenvalue weighted by Crippen LogP contribution is -2.37. The van der Waals surface area contributed by atoms with Gasteiger partial charge in [-0.1, -0.05) is 0 Å². The first-order valence-corrected chi connectivity index (χ1v) is 5.63. The number of hydrogen-bond donors (Lipinski definition) is 1. The van der Waals surface area contributed by atoms with Gasteiger partial charge in [-0.25, -0.2) is 4.98 Å². The molecule has 1 N–H and O–H groups in total. The Bertz CT molecular complexity index is 309. The second-order valence-electron chi connectivity index (χ2n) is 3.38. The fraction of sp³-hybridized carbons (Fsp3) is 0.500. The van der Waals surface area contributed by atoms with Crippen LogP contribution in [0.3, 0.4) is 0 Å². The summed E-state index contributed by atoms with van der Waals surface area (Å²) < 4.78 is 6.69. The van der Waals surface area contributed by atoms with E-state index < -0.39 is 0 Å². The molecule has 1 fully saturated rings. The van der Waals surface area contributed by atoms with Crippen molar-refractivity contribution in [1.29, 1.82) is 0 Å². The molecule has 0 aliphatic carbocycles. The lowest BCUT2D eigenvalue weighted by atomic mass is 10.1. The fourth-order valence-electron chi connectivity index (χ4n) is 1.54. The Balaban J connectivity index is 0.00000112. The molecule has 6 heteroatoms. The summed E-state index contributed by atoms with van der Waals surface area (Å²) in [6, 6.07) is 3.83. The van der Waals surface area contributed by atoms with E-state index in [0.29, 0.717) is 5.88 Å². The Kier molecular flexibility index (Phi) is 8.10. The predicted octanol–water partition coefficient (Wildman–Crippen LogP) is 2.82. The minimum absolute atomic E-state index is 0. The molecule has 0 saturated carbocycles. The van der Waals surface area contributed by atoms with Crippen LogP contribution in [0.15, 0.2) is 22.8 Å². The highest BCUT2D eigenvalue weighted by molar-refractivity contribution is 9.10. The van der Waals surface area contributed by atoms with Crippen molar-refractivity contribution in [3.63, 3.8) is 0 Å². The summed E-state index contributed by atoms with van der Waals surface area (Å²) in [4.78, 5) is 4.18. The zero-order chi connectivity index (χ0) is 9.80. The molecule has 2 rings (SSSR count). The zero-order valence-corrected chi connectivity index (χ0v) is 11.9. The highest BCUT2D eigenvalue weighted by atomic mass is 79.9. The van der Waals surface area contributed by atoms with Gasteiger partial charge in [0.2, 0.25) is 5.88 Å². The molecule has 16 heavy (non-hydrogen) atoms. The number of pyridine rings is 1. The highest BCUT2D eigenvalue weighted by Crippen LogP contribution is 2.23. The summed E-state index contributed by atoms with van der Waals surface area (Å²) in [6.45, 7) is 2.02. The second kappa shape index (κ2) is 8.12. The van der Waals surface area contributed by atoms with Gasteiger partial charge in [0.25, 0.3) is 0 Å². The van der Waals surface area contributed by atoms with Crippen molar-refractivity contribution in [2.75, 3.05) is 13.1 Å². The van der Waals surface area contributed by atoms with Crippen LogP contribution in [0.2, 0.25) is 0 Å². The largest absolute Gasteiger partial charge is 0.472 e.